The highest BCUT2D eigenvalue weighted by Gasteiger charge is 2.67. The Hall–Kier alpha value is -0.910. The van der Waals surface area contributed by atoms with E-state index in [9.17, 15) is 0 Å². The molecule has 1 saturated carbocycles. The summed E-state index contributed by atoms with van der Waals surface area (Å²) in [7, 11) is 1.73. The minimum absolute atomic E-state index is 0.144. The number of rotatable bonds is 7. The van der Waals surface area contributed by atoms with Gasteiger partial charge in [-0.1, -0.05) is 27.7 Å². The maximum Gasteiger partial charge on any atom is 0.0667 e. The van der Waals surface area contributed by atoms with Crippen molar-refractivity contribution >= 4 is 0 Å². The molecule has 2 rings (SSSR count). The summed E-state index contributed by atoms with van der Waals surface area (Å²) >= 11 is 0. The van der Waals surface area contributed by atoms with Crippen LogP contribution in [0.25, 0.3) is 0 Å². The largest absolute Gasteiger partial charge is 0.385 e. The van der Waals surface area contributed by atoms with Gasteiger partial charge in [-0.2, -0.15) is 5.10 Å². The Labute approximate surface area is 121 Å². The van der Waals surface area contributed by atoms with Gasteiger partial charge < -0.3 is 4.74 Å². The van der Waals surface area contributed by atoms with Crippen LogP contribution in [-0.4, -0.2) is 23.5 Å². The molecule has 1 fully saturated rings. The molecule has 1 aromatic rings. The average Bonchev–Trinajstić information content (AvgIpc) is 2.73. The molecule has 1 unspecified atom stereocenters. The van der Waals surface area contributed by atoms with Crippen molar-refractivity contribution in [2.24, 2.45) is 22.6 Å². The Balaban J connectivity index is 2.16. The summed E-state index contributed by atoms with van der Waals surface area (Å²) in [5, 5.41) is 4.43. The zero-order valence-corrected chi connectivity index (χ0v) is 13.3. The molecule has 114 valence electrons. The van der Waals surface area contributed by atoms with Crippen LogP contribution >= 0.6 is 0 Å². The molecular formula is C15H28N4O. The van der Waals surface area contributed by atoms with Gasteiger partial charge in [0.2, 0.25) is 0 Å². The van der Waals surface area contributed by atoms with Gasteiger partial charge >= 0.3 is 0 Å². The fourth-order valence-corrected chi connectivity index (χ4v) is 3.59. The van der Waals surface area contributed by atoms with Crippen LogP contribution < -0.4 is 11.3 Å². The first-order chi connectivity index (χ1) is 9.37. The van der Waals surface area contributed by atoms with Gasteiger partial charge in [0.05, 0.1) is 11.7 Å². The van der Waals surface area contributed by atoms with Gasteiger partial charge in [0, 0.05) is 26.5 Å². The molecule has 20 heavy (non-hydrogen) atoms. The van der Waals surface area contributed by atoms with Gasteiger partial charge in [0.1, 0.15) is 0 Å². The maximum atomic E-state index is 5.86. The molecule has 0 spiro atoms. The smallest absolute Gasteiger partial charge is 0.0667 e. The van der Waals surface area contributed by atoms with Crippen LogP contribution in [0, 0.1) is 16.7 Å². The lowest BCUT2D eigenvalue weighted by Gasteiger charge is -2.20. The highest BCUT2D eigenvalue weighted by Crippen LogP contribution is 2.72. The van der Waals surface area contributed by atoms with Crippen molar-refractivity contribution < 1.29 is 4.74 Å². The number of nitrogens with one attached hydrogen (secondary N) is 1. The number of methoxy groups -OCH3 is 1. The van der Waals surface area contributed by atoms with Crippen LogP contribution in [-0.2, 0) is 11.3 Å². The van der Waals surface area contributed by atoms with Crippen molar-refractivity contribution in [3.05, 3.63) is 18.0 Å². The van der Waals surface area contributed by atoms with E-state index < -0.39 is 0 Å². The van der Waals surface area contributed by atoms with Crippen molar-refractivity contribution in [2.75, 3.05) is 13.7 Å². The molecule has 1 aliphatic carbocycles. The zero-order chi connectivity index (χ0) is 15.0. The Morgan fingerprint density at radius 3 is 2.55 bits per heavy atom. The van der Waals surface area contributed by atoms with E-state index in [1.165, 1.54) is 5.69 Å². The van der Waals surface area contributed by atoms with Gasteiger partial charge in [-0.25, -0.2) is 0 Å². The molecule has 1 heterocycles. The minimum atomic E-state index is 0.144. The quantitative estimate of drug-likeness (QED) is 0.456. The third-order valence-electron chi connectivity index (χ3n) is 5.43. The standard InChI is InChI=1S/C15H28N4O/c1-14(2)13(15(14,3)4)12(18-16)11-7-8-17-19(11)9-6-10-20-5/h7-8,12-13,18H,6,9-10,16H2,1-5H3. The lowest BCUT2D eigenvalue weighted by atomic mass is 10.0. The predicted molar refractivity (Wildman–Crippen MR) is 79.8 cm³/mol. The molecule has 5 heteroatoms. The minimum Gasteiger partial charge on any atom is -0.385 e. The number of nitrogens with zero attached hydrogens (tertiary/aromatic N) is 2. The van der Waals surface area contributed by atoms with E-state index >= 15 is 0 Å². The molecule has 0 bridgehead atoms. The lowest BCUT2D eigenvalue weighted by molar-refractivity contribution is 0.188. The number of hydrogen-bond acceptors (Lipinski definition) is 4. The number of aromatic nitrogens is 2. The monoisotopic (exact) mass is 280 g/mol. The molecule has 0 saturated heterocycles. The normalized spacial score (nSPS) is 21.9. The lowest BCUT2D eigenvalue weighted by Crippen LogP contribution is -2.33. The van der Waals surface area contributed by atoms with E-state index in [0.717, 1.165) is 19.6 Å². The molecule has 1 atom stereocenters. The van der Waals surface area contributed by atoms with E-state index in [1.807, 2.05) is 10.9 Å². The first-order valence-electron chi connectivity index (χ1n) is 7.34. The summed E-state index contributed by atoms with van der Waals surface area (Å²) in [5.74, 6) is 6.37. The second-order valence-electron chi connectivity index (χ2n) is 6.89. The number of ether oxygens (including phenoxy) is 1. The number of nitrogens with two attached hydrogens (primary N) is 1. The SMILES string of the molecule is COCCCn1nccc1C(NN)C1C(C)(C)C1(C)C. The zero-order valence-electron chi connectivity index (χ0n) is 13.3. The van der Waals surface area contributed by atoms with Crippen LogP contribution in [0.1, 0.15) is 45.9 Å². The number of hydrazine groups is 1. The Kier molecular flexibility index (Phi) is 4.23. The van der Waals surface area contributed by atoms with Gasteiger partial charge in [-0.15, -0.1) is 0 Å². The van der Waals surface area contributed by atoms with E-state index in [-0.39, 0.29) is 16.9 Å². The van der Waals surface area contributed by atoms with Crippen LogP contribution in [0.4, 0.5) is 0 Å². The molecule has 1 aliphatic rings. The molecule has 0 aromatic carbocycles. The van der Waals surface area contributed by atoms with E-state index in [4.69, 9.17) is 10.6 Å². The third kappa shape index (κ3) is 2.38. The fraction of sp³-hybridized carbons (Fsp3) is 0.800. The van der Waals surface area contributed by atoms with E-state index in [0.29, 0.717) is 5.92 Å². The van der Waals surface area contributed by atoms with Gasteiger partial charge in [-0.05, 0) is 29.2 Å². The summed E-state index contributed by atoms with van der Waals surface area (Å²) < 4.78 is 7.16. The molecule has 1 aromatic heterocycles. The topological polar surface area (TPSA) is 65.1 Å². The Morgan fingerprint density at radius 1 is 1.40 bits per heavy atom. The second-order valence-corrected chi connectivity index (χ2v) is 6.89. The summed E-state index contributed by atoms with van der Waals surface area (Å²) in [4.78, 5) is 0. The van der Waals surface area contributed by atoms with Crippen molar-refractivity contribution in [3.63, 3.8) is 0 Å². The van der Waals surface area contributed by atoms with Crippen molar-refractivity contribution in [1.82, 2.24) is 15.2 Å². The Bertz CT molecular complexity index is 438. The number of aryl methyl sites for hydroxylation is 1. The molecular weight excluding hydrogens is 252 g/mol. The van der Waals surface area contributed by atoms with Gasteiger partial charge in [-0.3, -0.25) is 16.0 Å². The summed E-state index contributed by atoms with van der Waals surface area (Å²) in [6.45, 7) is 10.9. The summed E-state index contributed by atoms with van der Waals surface area (Å²) in [5.41, 5.74) is 4.76. The van der Waals surface area contributed by atoms with Crippen LogP contribution in [0.2, 0.25) is 0 Å². The van der Waals surface area contributed by atoms with Crippen LogP contribution in [0.15, 0.2) is 12.3 Å². The average molecular weight is 280 g/mol. The van der Waals surface area contributed by atoms with Gasteiger partial charge in [0.15, 0.2) is 0 Å². The highest BCUT2D eigenvalue weighted by atomic mass is 16.5. The molecule has 3 N–H and O–H groups in total. The van der Waals surface area contributed by atoms with Gasteiger partial charge in [0.25, 0.3) is 0 Å². The highest BCUT2D eigenvalue weighted by molar-refractivity contribution is 5.22. The van der Waals surface area contributed by atoms with Crippen molar-refractivity contribution in [2.45, 2.75) is 46.7 Å². The first kappa shape index (κ1) is 15.5. The predicted octanol–water partition coefficient (Wildman–Crippen LogP) is 2.11. The van der Waals surface area contributed by atoms with E-state index in [2.05, 4.69) is 44.3 Å². The van der Waals surface area contributed by atoms with Crippen LogP contribution in [0.3, 0.4) is 0 Å². The summed E-state index contributed by atoms with van der Waals surface area (Å²) in [6, 6.07) is 2.21. The molecule has 0 radical (unpaired) electrons. The number of hydrogen-bond donors (Lipinski definition) is 2. The van der Waals surface area contributed by atoms with E-state index in [1.54, 1.807) is 7.11 Å². The third-order valence-corrected chi connectivity index (χ3v) is 5.43. The fourth-order valence-electron chi connectivity index (χ4n) is 3.59. The van der Waals surface area contributed by atoms with Crippen molar-refractivity contribution in [3.8, 4) is 0 Å². The molecule has 0 amide bonds. The molecule has 5 nitrogen and oxygen atoms in total. The molecule has 0 aliphatic heterocycles. The maximum absolute atomic E-state index is 5.86. The first-order valence-corrected chi connectivity index (χ1v) is 7.34. The van der Waals surface area contributed by atoms with Crippen LogP contribution in [0.5, 0.6) is 0 Å². The Morgan fingerprint density at radius 2 is 2.05 bits per heavy atom. The second kappa shape index (κ2) is 5.47. The van der Waals surface area contributed by atoms with Crippen molar-refractivity contribution in [1.29, 1.82) is 0 Å². The summed E-state index contributed by atoms with van der Waals surface area (Å²) in [6.07, 6.45) is 2.81.